The molecule has 0 unspecified atom stereocenters. The molecule has 0 radical (unpaired) electrons. The van der Waals surface area contributed by atoms with E-state index in [9.17, 15) is 0 Å². The van der Waals surface area contributed by atoms with Crippen LogP contribution >= 0.6 is 15.9 Å². The van der Waals surface area contributed by atoms with Crippen LogP contribution in [-0.4, -0.2) is 0 Å². The summed E-state index contributed by atoms with van der Waals surface area (Å²) in [6, 6.07) is 55.7. The molecule has 0 amide bonds. The lowest BCUT2D eigenvalue weighted by Gasteiger charge is -2.26. The Balaban J connectivity index is 1.25. The van der Waals surface area contributed by atoms with E-state index in [1.807, 2.05) is 0 Å². The lowest BCUT2D eigenvalue weighted by atomic mass is 9.94. The number of fused-ring (bicyclic) bond motifs is 5. The molecule has 0 atom stereocenters. The van der Waals surface area contributed by atoms with Gasteiger partial charge in [-0.1, -0.05) is 113 Å². The van der Waals surface area contributed by atoms with E-state index in [0.717, 1.165) is 48.9 Å². The molecule has 8 aromatic rings. The van der Waals surface area contributed by atoms with Crippen LogP contribution in [0.1, 0.15) is 0 Å². The van der Waals surface area contributed by atoms with Gasteiger partial charge in [0.2, 0.25) is 0 Å². The van der Waals surface area contributed by atoms with Gasteiger partial charge in [-0.2, -0.15) is 0 Å². The molecule has 8 rings (SSSR count). The maximum Gasteiger partial charge on any atom is 0.143 e. The molecular weight excluding hydrogens is 590 g/mol. The minimum atomic E-state index is 0.874. The van der Waals surface area contributed by atoms with Crippen LogP contribution in [0.3, 0.4) is 0 Å². The highest BCUT2D eigenvalue weighted by atomic mass is 79.9. The first-order valence-electron chi connectivity index (χ1n) is 14.4. The number of benzene rings is 7. The summed E-state index contributed by atoms with van der Waals surface area (Å²) in [5.74, 6) is 0. The Labute approximate surface area is 258 Å². The topological polar surface area (TPSA) is 16.4 Å². The third-order valence-corrected chi connectivity index (χ3v) is 8.67. The standard InChI is InChI=1S/C40H26BrNO/c41-30-17-21-32(22-18-30)42(31-19-14-29(15-20-31)35-12-7-6-11-34(35)27-8-2-1-3-9-27)33-23-25-37-38-24-16-28-10-4-5-13-36(28)40(38)43-39(37)26-33/h1-26H. The van der Waals surface area contributed by atoms with Crippen molar-refractivity contribution in [3.8, 4) is 22.3 Å². The normalized spacial score (nSPS) is 11.4. The van der Waals surface area contributed by atoms with Gasteiger partial charge in [0.05, 0.1) is 0 Å². The second-order valence-electron chi connectivity index (χ2n) is 10.7. The summed E-state index contributed by atoms with van der Waals surface area (Å²) in [4.78, 5) is 2.28. The van der Waals surface area contributed by atoms with Gasteiger partial charge in [-0.15, -0.1) is 0 Å². The molecule has 0 saturated carbocycles. The van der Waals surface area contributed by atoms with Gasteiger partial charge in [0, 0.05) is 43.8 Å². The molecule has 0 spiro atoms. The fraction of sp³-hybridized carbons (Fsp3) is 0. The van der Waals surface area contributed by atoms with Crippen molar-refractivity contribution < 1.29 is 4.42 Å². The van der Waals surface area contributed by atoms with E-state index in [0.29, 0.717) is 0 Å². The molecule has 0 N–H and O–H groups in total. The smallest absolute Gasteiger partial charge is 0.143 e. The molecule has 0 fully saturated rings. The summed E-state index contributed by atoms with van der Waals surface area (Å²) in [6.07, 6.45) is 0. The first-order chi connectivity index (χ1) is 21.2. The Morgan fingerprint density at radius 3 is 1.77 bits per heavy atom. The van der Waals surface area contributed by atoms with Crippen molar-refractivity contribution in [2.24, 2.45) is 0 Å². The third kappa shape index (κ3) is 4.59. The van der Waals surface area contributed by atoms with E-state index in [4.69, 9.17) is 4.42 Å². The van der Waals surface area contributed by atoms with Crippen molar-refractivity contribution in [1.29, 1.82) is 0 Å². The predicted molar refractivity (Wildman–Crippen MR) is 184 cm³/mol. The van der Waals surface area contributed by atoms with Crippen molar-refractivity contribution in [2.45, 2.75) is 0 Å². The van der Waals surface area contributed by atoms with Gasteiger partial charge >= 0.3 is 0 Å². The molecule has 0 aliphatic rings. The Bertz CT molecular complexity index is 2230. The number of hydrogen-bond acceptors (Lipinski definition) is 2. The van der Waals surface area contributed by atoms with Crippen molar-refractivity contribution in [3.05, 3.63) is 162 Å². The van der Waals surface area contributed by atoms with Gasteiger partial charge in [-0.3, -0.25) is 0 Å². The van der Waals surface area contributed by atoms with E-state index >= 15 is 0 Å². The maximum atomic E-state index is 6.55. The largest absolute Gasteiger partial charge is 0.455 e. The van der Waals surface area contributed by atoms with Crippen LogP contribution in [0.25, 0.3) is 55.0 Å². The van der Waals surface area contributed by atoms with E-state index in [1.165, 1.54) is 27.6 Å². The summed E-state index contributed by atoms with van der Waals surface area (Å²) in [7, 11) is 0. The quantitative estimate of drug-likeness (QED) is 0.191. The number of halogens is 1. The highest BCUT2D eigenvalue weighted by Gasteiger charge is 2.17. The van der Waals surface area contributed by atoms with Crippen molar-refractivity contribution in [3.63, 3.8) is 0 Å². The molecule has 2 nitrogen and oxygen atoms in total. The van der Waals surface area contributed by atoms with Crippen molar-refractivity contribution >= 4 is 65.7 Å². The van der Waals surface area contributed by atoms with Gasteiger partial charge in [-0.25, -0.2) is 0 Å². The second kappa shape index (κ2) is 10.6. The zero-order chi connectivity index (χ0) is 28.8. The van der Waals surface area contributed by atoms with Crippen molar-refractivity contribution in [1.82, 2.24) is 0 Å². The number of anilines is 3. The number of furan rings is 1. The van der Waals surface area contributed by atoms with E-state index in [-0.39, 0.29) is 0 Å². The molecule has 0 aliphatic heterocycles. The molecule has 3 heteroatoms. The molecule has 1 aromatic heterocycles. The minimum absolute atomic E-state index is 0.874. The summed E-state index contributed by atoms with van der Waals surface area (Å²) in [5, 5.41) is 4.57. The average Bonchev–Trinajstić information content (AvgIpc) is 3.45. The predicted octanol–water partition coefficient (Wildman–Crippen LogP) is 12.3. The highest BCUT2D eigenvalue weighted by Crippen LogP contribution is 2.41. The highest BCUT2D eigenvalue weighted by molar-refractivity contribution is 9.10. The lowest BCUT2D eigenvalue weighted by Crippen LogP contribution is -2.09. The number of rotatable bonds is 5. The molecule has 0 bridgehead atoms. The Morgan fingerprint density at radius 1 is 0.442 bits per heavy atom. The van der Waals surface area contributed by atoms with Crippen LogP contribution in [0.15, 0.2) is 167 Å². The fourth-order valence-electron chi connectivity index (χ4n) is 6.06. The summed E-state index contributed by atoms with van der Waals surface area (Å²) < 4.78 is 7.59. The SMILES string of the molecule is Brc1ccc(N(c2ccc(-c3ccccc3-c3ccccc3)cc2)c2ccc3c(c2)oc2c4ccccc4ccc32)cc1. The molecule has 1 heterocycles. The van der Waals surface area contributed by atoms with Crippen LogP contribution in [-0.2, 0) is 0 Å². The van der Waals surface area contributed by atoms with E-state index in [1.54, 1.807) is 0 Å². The van der Waals surface area contributed by atoms with Gasteiger partial charge in [0.1, 0.15) is 11.2 Å². The van der Waals surface area contributed by atoms with Gasteiger partial charge in [-0.05, 0) is 82.2 Å². The molecule has 0 aliphatic carbocycles. The zero-order valence-corrected chi connectivity index (χ0v) is 24.8. The average molecular weight is 617 g/mol. The Hall–Kier alpha value is -5.12. The fourth-order valence-corrected chi connectivity index (χ4v) is 6.33. The number of nitrogens with zero attached hydrogens (tertiary/aromatic N) is 1. The lowest BCUT2D eigenvalue weighted by molar-refractivity contribution is 0.672. The van der Waals surface area contributed by atoms with Gasteiger partial charge in [0.25, 0.3) is 0 Å². The van der Waals surface area contributed by atoms with Crippen LogP contribution < -0.4 is 4.90 Å². The van der Waals surface area contributed by atoms with Crippen LogP contribution in [0, 0.1) is 0 Å². The molecule has 7 aromatic carbocycles. The first kappa shape index (κ1) is 25.6. The van der Waals surface area contributed by atoms with E-state index in [2.05, 4.69) is 179 Å². The summed E-state index contributed by atoms with van der Waals surface area (Å²) >= 11 is 3.61. The Morgan fingerprint density at radius 2 is 1.02 bits per heavy atom. The molecule has 0 saturated heterocycles. The zero-order valence-electron chi connectivity index (χ0n) is 23.2. The van der Waals surface area contributed by atoms with Gasteiger partial charge < -0.3 is 9.32 Å². The van der Waals surface area contributed by atoms with Gasteiger partial charge in [0.15, 0.2) is 0 Å². The van der Waals surface area contributed by atoms with E-state index < -0.39 is 0 Å². The first-order valence-corrected chi connectivity index (χ1v) is 15.2. The molecule has 43 heavy (non-hydrogen) atoms. The molecule has 204 valence electrons. The monoisotopic (exact) mass is 615 g/mol. The minimum Gasteiger partial charge on any atom is -0.455 e. The summed E-state index contributed by atoms with van der Waals surface area (Å²) in [5.41, 5.74) is 9.82. The number of hydrogen-bond donors (Lipinski definition) is 0. The Kier molecular flexibility index (Phi) is 6.31. The van der Waals surface area contributed by atoms with Crippen LogP contribution in [0.2, 0.25) is 0 Å². The second-order valence-corrected chi connectivity index (χ2v) is 11.6. The van der Waals surface area contributed by atoms with Crippen molar-refractivity contribution in [2.75, 3.05) is 4.90 Å². The van der Waals surface area contributed by atoms with Crippen LogP contribution in [0.4, 0.5) is 17.1 Å². The summed E-state index contributed by atoms with van der Waals surface area (Å²) in [6.45, 7) is 0. The molecular formula is C40H26BrNO. The third-order valence-electron chi connectivity index (χ3n) is 8.14. The maximum absolute atomic E-state index is 6.55. The van der Waals surface area contributed by atoms with Crippen LogP contribution in [0.5, 0.6) is 0 Å².